The van der Waals surface area contributed by atoms with Crippen molar-refractivity contribution in [3.05, 3.63) is 35.4 Å². The van der Waals surface area contributed by atoms with Crippen LogP contribution in [0.1, 0.15) is 24.5 Å². The van der Waals surface area contributed by atoms with Gasteiger partial charge in [-0.1, -0.05) is 37.0 Å². The van der Waals surface area contributed by atoms with Gasteiger partial charge in [-0.2, -0.15) is 0 Å². The first-order chi connectivity index (χ1) is 7.77. The lowest BCUT2D eigenvalue weighted by atomic mass is 10.1. The van der Waals surface area contributed by atoms with Crippen molar-refractivity contribution in [2.75, 3.05) is 20.2 Å². The molecule has 0 bridgehead atoms. The summed E-state index contributed by atoms with van der Waals surface area (Å²) in [5.74, 6) is 5.68. The first kappa shape index (κ1) is 12.8. The molecule has 0 atom stereocenters. The zero-order valence-corrected chi connectivity index (χ0v) is 10.0. The van der Waals surface area contributed by atoms with E-state index in [9.17, 15) is 0 Å². The van der Waals surface area contributed by atoms with Crippen molar-refractivity contribution in [2.45, 2.75) is 19.9 Å². The van der Waals surface area contributed by atoms with Gasteiger partial charge in [-0.25, -0.2) is 0 Å². The van der Waals surface area contributed by atoms with E-state index in [4.69, 9.17) is 5.11 Å². The monoisotopic (exact) mass is 217 g/mol. The fourth-order valence-electron chi connectivity index (χ4n) is 1.67. The molecular formula is C14H19NO. The SMILES string of the molecule is CCCN(C)Cc1ccccc1C#CCO. The van der Waals surface area contributed by atoms with Crippen LogP contribution in [0.4, 0.5) is 0 Å². The van der Waals surface area contributed by atoms with Gasteiger partial charge in [0.15, 0.2) is 0 Å². The maximum atomic E-state index is 8.70. The average molecular weight is 217 g/mol. The van der Waals surface area contributed by atoms with Gasteiger partial charge in [0.05, 0.1) is 0 Å². The molecule has 86 valence electrons. The van der Waals surface area contributed by atoms with E-state index in [-0.39, 0.29) is 6.61 Å². The van der Waals surface area contributed by atoms with E-state index >= 15 is 0 Å². The van der Waals surface area contributed by atoms with Crippen LogP contribution < -0.4 is 0 Å². The molecule has 0 saturated carbocycles. The Morgan fingerprint density at radius 1 is 1.31 bits per heavy atom. The number of rotatable bonds is 4. The molecule has 2 nitrogen and oxygen atoms in total. The predicted molar refractivity (Wildman–Crippen MR) is 67.0 cm³/mol. The van der Waals surface area contributed by atoms with E-state index in [2.05, 4.69) is 36.8 Å². The van der Waals surface area contributed by atoms with Crippen LogP contribution in [0.5, 0.6) is 0 Å². The lowest BCUT2D eigenvalue weighted by molar-refractivity contribution is 0.327. The minimum atomic E-state index is -0.0842. The summed E-state index contributed by atoms with van der Waals surface area (Å²) in [4.78, 5) is 2.28. The van der Waals surface area contributed by atoms with Crippen LogP contribution in [-0.4, -0.2) is 30.2 Å². The summed E-state index contributed by atoms with van der Waals surface area (Å²) in [6.45, 7) is 4.08. The Kier molecular flexibility index (Phi) is 5.63. The van der Waals surface area contributed by atoms with Crippen LogP contribution in [0.3, 0.4) is 0 Å². The average Bonchev–Trinajstić information content (AvgIpc) is 2.28. The Balaban J connectivity index is 2.78. The topological polar surface area (TPSA) is 23.5 Å². The van der Waals surface area contributed by atoms with Crippen molar-refractivity contribution in [3.63, 3.8) is 0 Å². The molecular weight excluding hydrogens is 198 g/mol. The van der Waals surface area contributed by atoms with Gasteiger partial charge < -0.3 is 10.0 Å². The van der Waals surface area contributed by atoms with Crippen molar-refractivity contribution in [1.29, 1.82) is 0 Å². The van der Waals surface area contributed by atoms with Crippen LogP contribution in [0.15, 0.2) is 24.3 Å². The largest absolute Gasteiger partial charge is 0.384 e. The second-order valence-electron chi connectivity index (χ2n) is 3.85. The van der Waals surface area contributed by atoms with Crippen LogP contribution in [-0.2, 0) is 6.54 Å². The molecule has 0 radical (unpaired) electrons. The molecule has 2 heteroatoms. The molecule has 0 spiro atoms. The molecule has 1 N–H and O–H groups in total. The first-order valence-electron chi connectivity index (χ1n) is 5.64. The van der Waals surface area contributed by atoms with Crippen molar-refractivity contribution >= 4 is 0 Å². The normalized spacial score (nSPS) is 10.0. The van der Waals surface area contributed by atoms with E-state index in [1.54, 1.807) is 0 Å². The third kappa shape index (κ3) is 4.06. The highest BCUT2D eigenvalue weighted by atomic mass is 16.2. The van der Waals surface area contributed by atoms with Crippen LogP contribution in [0, 0.1) is 11.8 Å². The first-order valence-corrected chi connectivity index (χ1v) is 5.64. The van der Waals surface area contributed by atoms with Gasteiger partial charge in [0.25, 0.3) is 0 Å². The fourth-order valence-corrected chi connectivity index (χ4v) is 1.67. The number of aliphatic hydroxyl groups is 1. The summed E-state index contributed by atoms with van der Waals surface area (Å²) in [6.07, 6.45) is 1.15. The summed E-state index contributed by atoms with van der Waals surface area (Å²) in [5.41, 5.74) is 2.24. The molecule has 1 aromatic rings. The maximum absolute atomic E-state index is 8.70. The molecule has 0 aliphatic rings. The maximum Gasteiger partial charge on any atom is 0.104 e. The van der Waals surface area contributed by atoms with Gasteiger partial charge in [-0.3, -0.25) is 0 Å². The van der Waals surface area contributed by atoms with Crippen molar-refractivity contribution < 1.29 is 5.11 Å². The Bertz CT molecular complexity index is 376. The zero-order valence-electron chi connectivity index (χ0n) is 10.0. The molecule has 0 unspecified atom stereocenters. The lowest BCUT2D eigenvalue weighted by Gasteiger charge is -2.16. The fraction of sp³-hybridized carbons (Fsp3) is 0.429. The molecule has 1 aromatic carbocycles. The summed E-state index contributed by atoms with van der Waals surface area (Å²) in [6, 6.07) is 8.09. The molecule has 0 aromatic heterocycles. The Labute approximate surface area is 97.9 Å². The van der Waals surface area contributed by atoms with Crippen LogP contribution in [0.2, 0.25) is 0 Å². The number of aliphatic hydroxyl groups excluding tert-OH is 1. The van der Waals surface area contributed by atoms with Gasteiger partial charge >= 0.3 is 0 Å². The van der Waals surface area contributed by atoms with Gasteiger partial charge in [-0.15, -0.1) is 0 Å². The highest BCUT2D eigenvalue weighted by Gasteiger charge is 2.02. The van der Waals surface area contributed by atoms with E-state index in [0.717, 1.165) is 25.1 Å². The minimum absolute atomic E-state index is 0.0842. The highest BCUT2D eigenvalue weighted by molar-refractivity contribution is 5.41. The van der Waals surface area contributed by atoms with Crippen molar-refractivity contribution in [1.82, 2.24) is 4.90 Å². The summed E-state index contributed by atoms with van der Waals surface area (Å²) in [7, 11) is 2.11. The molecule has 0 saturated heterocycles. The standard InChI is InChI=1S/C14H19NO/c1-3-10-15(2)12-14-8-5-4-7-13(14)9-6-11-16/h4-5,7-8,16H,3,10-12H2,1-2H3. The van der Waals surface area contributed by atoms with Gasteiger partial charge in [0.1, 0.15) is 6.61 Å². The number of nitrogens with zero attached hydrogens (tertiary/aromatic N) is 1. The van der Waals surface area contributed by atoms with E-state index < -0.39 is 0 Å². The third-order valence-corrected chi connectivity index (χ3v) is 2.37. The van der Waals surface area contributed by atoms with Gasteiger partial charge in [-0.05, 0) is 31.6 Å². The van der Waals surface area contributed by atoms with Gasteiger partial charge in [0, 0.05) is 12.1 Å². The molecule has 0 amide bonds. The molecule has 16 heavy (non-hydrogen) atoms. The number of hydrogen-bond donors (Lipinski definition) is 1. The quantitative estimate of drug-likeness (QED) is 0.778. The van der Waals surface area contributed by atoms with Gasteiger partial charge in [0.2, 0.25) is 0 Å². The molecule has 1 rings (SSSR count). The third-order valence-electron chi connectivity index (χ3n) is 2.37. The molecule has 0 aliphatic carbocycles. The van der Waals surface area contributed by atoms with Crippen molar-refractivity contribution in [3.8, 4) is 11.8 Å². The second-order valence-corrected chi connectivity index (χ2v) is 3.85. The second kappa shape index (κ2) is 7.05. The Morgan fingerprint density at radius 2 is 2.06 bits per heavy atom. The predicted octanol–water partition coefficient (Wildman–Crippen LogP) is 1.87. The molecule has 0 fully saturated rings. The van der Waals surface area contributed by atoms with E-state index in [1.807, 2.05) is 18.2 Å². The van der Waals surface area contributed by atoms with Crippen LogP contribution >= 0.6 is 0 Å². The van der Waals surface area contributed by atoms with Crippen LogP contribution in [0.25, 0.3) is 0 Å². The Hall–Kier alpha value is -1.30. The van der Waals surface area contributed by atoms with Crippen molar-refractivity contribution in [2.24, 2.45) is 0 Å². The smallest absolute Gasteiger partial charge is 0.104 e. The summed E-state index contributed by atoms with van der Waals surface area (Å²) >= 11 is 0. The molecule has 0 aliphatic heterocycles. The number of benzene rings is 1. The molecule has 0 heterocycles. The van der Waals surface area contributed by atoms with E-state index in [1.165, 1.54) is 5.56 Å². The summed E-state index contributed by atoms with van der Waals surface area (Å²) in [5, 5.41) is 8.70. The zero-order chi connectivity index (χ0) is 11.8. The highest BCUT2D eigenvalue weighted by Crippen LogP contribution is 2.09. The minimum Gasteiger partial charge on any atom is -0.384 e. The number of hydrogen-bond acceptors (Lipinski definition) is 2. The summed E-state index contributed by atoms with van der Waals surface area (Å²) < 4.78 is 0. The lowest BCUT2D eigenvalue weighted by Crippen LogP contribution is -2.19. The van der Waals surface area contributed by atoms with E-state index in [0.29, 0.717) is 0 Å². The Morgan fingerprint density at radius 3 is 2.75 bits per heavy atom.